The second-order valence-corrected chi connectivity index (χ2v) is 9.37. The number of piperazine rings is 2. The molecule has 0 unspecified atom stereocenters. The van der Waals surface area contributed by atoms with Gasteiger partial charge in [0.15, 0.2) is 5.58 Å². The molecule has 0 aliphatic carbocycles. The summed E-state index contributed by atoms with van der Waals surface area (Å²) in [7, 11) is -1.37. The fourth-order valence-corrected chi connectivity index (χ4v) is 5.41. The molecule has 0 atom stereocenters. The van der Waals surface area contributed by atoms with Gasteiger partial charge in [-0.15, -0.1) is 0 Å². The van der Waals surface area contributed by atoms with Crippen LogP contribution in [0.4, 0.5) is 0 Å². The van der Waals surface area contributed by atoms with Crippen LogP contribution in [0.15, 0.2) is 33.5 Å². The molecular weight excluding hydrogens is 382 g/mol. The molecule has 0 saturated carbocycles. The number of likely N-dealkylation sites (N-methyl/N-ethyl adjacent to an activating group) is 1. The number of hydrogen-bond acceptors (Lipinski definition) is 6. The van der Waals surface area contributed by atoms with Crippen LogP contribution in [0.2, 0.25) is 0 Å². The van der Waals surface area contributed by atoms with Crippen molar-refractivity contribution >= 4 is 21.3 Å². The molecule has 9 nitrogen and oxygen atoms in total. The molecule has 0 spiro atoms. The van der Waals surface area contributed by atoms with Crippen molar-refractivity contribution in [3.05, 3.63) is 34.8 Å². The highest BCUT2D eigenvalue weighted by Gasteiger charge is 2.33. The molecule has 0 radical (unpaired) electrons. The molecule has 4 rings (SSSR count). The average molecular weight is 410 g/mol. The van der Waals surface area contributed by atoms with Crippen molar-refractivity contribution in [1.29, 1.82) is 0 Å². The van der Waals surface area contributed by atoms with Crippen LogP contribution in [0.25, 0.3) is 11.1 Å². The van der Waals surface area contributed by atoms with Gasteiger partial charge < -0.3 is 9.32 Å². The van der Waals surface area contributed by atoms with Crippen LogP contribution >= 0.6 is 0 Å². The summed E-state index contributed by atoms with van der Waals surface area (Å²) in [5.74, 6) is -0.350. The molecule has 2 fully saturated rings. The lowest BCUT2D eigenvalue weighted by atomic mass is 10.3. The third kappa shape index (κ3) is 3.87. The number of nitrogens with zero attached hydrogens (tertiary/aromatic N) is 5. The normalized spacial score (nSPS) is 21.5. The Balaban J connectivity index is 1.33. The number of benzene rings is 1. The van der Waals surface area contributed by atoms with Gasteiger partial charge in [-0.3, -0.25) is 9.47 Å². The minimum atomic E-state index is -3.38. The molecule has 1 aromatic carbocycles. The Bertz CT molecular complexity index is 969. The van der Waals surface area contributed by atoms with Crippen molar-refractivity contribution in [1.82, 2.24) is 23.0 Å². The van der Waals surface area contributed by atoms with Crippen molar-refractivity contribution in [3.63, 3.8) is 0 Å². The zero-order valence-corrected chi connectivity index (χ0v) is 17.0. The van der Waals surface area contributed by atoms with E-state index in [1.165, 1.54) is 0 Å². The summed E-state index contributed by atoms with van der Waals surface area (Å²) in [6, 6.07) is 7.39. The molecule has 28 heavy (non-hydrogen) atoms. The van der Waals surface area contributed by atoms with Gasteiger partial charge in [-0.2, -0.15) is 17.0 Å². The zero-order chi connectivity index (χ0) is 19.7. The number of hydrogen-bond donors (Lipinski definition) is 0. The summed E-state index contributed by atoms with van der Waals surface area (Å²) < 4.78 is 35.8. The summed E-state index contributed by atoms with van der Waals surface area (Å²) >= 11 is 0. The summed E-state index contributed by atoms with van der Waals surface area (Å²) in [6.45, 7) is 6.15. The summed E-state index contributed by atoms with van der Waals surface area (Å²) in [6.07, 6.45) is 0. The maximum Gasteiger partial charge on any atom is 0.419 e. The molecule has 1 aromatic heterocycles. The summed E-state index contributed by atoms with van der Waals surface area (Å²) in [4.78, 5) is 16.4. The second-order valence-electron chi connectivity index (χ2n) is 7.44. The Morgan fingerprint density at radius 1 is 0.893 bits per heavy atom. The van der Waals surface area contributed by atoms with Gasteiger partial charge in [0.25, 0.3) is 10.2 Å². The largest absolute Gasteiger partial charge is 0.419 e. The smallest absolute Gasteiger partial charge is 0.408 e. The molecule has 2 aromatic rings. The first kappa shape index (κ1) is 19.6. The number of oxazole rings is 1. The fraction of sp³-hybridized carbons (Fsp3) is 0.611. The molecule has 2 aliphatic heterocycles. The van der Waals surface area contributed by atoms with E-state index in [4.69, 9.17) is 4.42 Å². The molecule has 0 amide bonds. The Hall–Kier alpha value is -1.72. The summed E-state index contributed by atoms with van der Waals surface area (Å²) in [5.41, 5.74) is 1.39. The number of aromatic nitrogens is 1. The Morgan fingerprint density at radius 3 is 2.18 bits per heavy atom. The monoisotopic (exact) mass is 409 g/mol. The van der Waals surface area contributed by atoms with Crippen molar-refractivity contribution in [2.24, 2.45) is 0 Å². The van der Waals surface area contributed by atoms with Gasteiger partial charge in [0.1, 0.15) is 0 Å². The maximum atomic E-state index is 12.8. The fourth-order valence-electron chi connectivity index (χ4n) is 3.83. The molecule has 2 aliphatic rings. The maximum absolute atomic E-state index is 12.8. The van der Waals surface area contributed by atoms with E-state index in [-0.39, 0.29) is 5.76 Å². The lowest BCUT2D eigenvalue weighted by Gasteiger charge is -2.39. The number of fused-ring (bicyclic) bond motifs is 1. The molecule has 10 heteroatoms. The van der Waals surface area contributed by atoms with Gasteiger partial charge >= 0.3 is 5.76 Å². The topological polar surface area (TPSA) is 82.2 Å². The van der Waals surface area contributed by atoms with Gasteiger partial charge in [0.05, 0.1) is 5.52 Å². The lowest BCUT2D eigenvalue weighted by Crippen LogP contribution is -2.56. The summed E-state index contributed by atoms with van der Waals surface area (Å²) in [5, 5.41) is 0. The van der Waals surface area contributed by atoms with Crippen LogP contribution in [0.5, 0.6) is 0 Å². The molecule has 3 heterocycles. The van der Waals surface area contributed by atoms with E-state index in [1.807, 2.05) is 25.2 Å². The molecule has 154 valence electrons. The zero-order valence-electron chi connectivity index (χ0n) is 16.2. The third-order valence-corrected chi connectivity index (χ3v) is 7.70. The number of rotatable bonds is 5. The van der Waals surface area contributed by atoms with Crippen LogP contribution in [0.3, 0.4) is 0 Å². The van der Waals surface area contributed by atoms with E-state index in [2.05, 4.69) is 9.80 Å². The van der Waals surface area contributed by atoms with E-state index in [1.54, 1.807) is 19.2 Å². The molecular formula is C18H27N5O4S. The van der Waals surface area contributed by atoms with Crippen molar-refractivity contribution in [2.75, 3.05) is 66.0 Å². The van der Waals surface area contributed by atoms with Crippen LogP contribution in [0.1, 0.15) is 0 Å². The minimum Gasteiger partial charge on any atom is -0.408 e. The van der Waals surface area contributed by atoms with Crippen LogP contribution < -0.4 is 5.76 Å². The van der Waals surface area contributed by atoms with E-state index >= 15 is 0 Å². The lowest BCUT2D eigenvalue weighted by molar-refractivity contribution is 0.166. The van der Waals surface area contributed by atoms with Gasteiger partial charge in [-0.25, -0.2) is 4.79 Å². The van der Waals surface area contributed by atoms with E-state index in [9.17, 15) is 13.2 Å². The van der Waals surface area contributed by atoms with E-state index in [0.29, 0.717) is 57.9 Å². The first-order valence-electron chi connectivity index (χ1n) is 9.69. The molecule has 0 bridgehead atoms. The van der Waals surface area contributed by atoms with Crippen molar-refractivity contribution < 1.29 is 12.8 Å². The van der Waals surface area contributed by atoms with Gasteiger partial charge in [-0.05, 0) is 19.2 Å². The van der Waals surface area contributed by atoms with E-state index in [0.717, 1.165) is 18.6 Å². The predicted molar refractivity (Wildman–Crippen MR) is 106 cm³/mol. The van der Waals surface area contributed by atoms with Gasteiger partial charge in [0.2, 0.25) is 0 Å². The predicted octanol–water partition coefficient (Wildman–Crippen LogP) is -0.296. The van der Waals surface area contributed by atoms with Gasteiger partial charge in [-0.1, -0.05) is 12.1 Å². The van der Waals surface area contributed by atoms with E-state index < -0.39 is 10.2 Å². The van der Waals surface area contributed by atoms with Crippen molar-refractivity contribution in [3.8, 4) is 0 Å². The standard InChI is InChI=1S/C18H27N5O4S/c1-19-6-11-21(12-7-19)28(25,26)22-13-8-20(9-14-22)10-15-23-16-4-2-3-5-17(16)27-18(23)24/h2-5H,6-15H2,1H3. The van der Waals surface area contributed by atoms with Crippen LogP contribution in [-0.4, -0.2) is 97.3 Å². The number of para-hydroxylation sites is 2. The first-order valence-corrected chi connectivity index (χ1v) is 11.1. The molecule has 2 saturated heterocycles. The van der Waals surface area contributed by atoms with Gasteiger partial charge in [0, 0.05) is 65.4 Å². The Labute approximate surface area is 164 Å². The SMILES string of the molecule is CN1CCN(S(=O)(=O)N2CCN(CCn3c(=O)oc4ccccc43)CC2)CC1. The highest BCUT2D eigenvalue weighted by Crippen LogP contribution is 2.15. The van der Waals surface area contributed by atoms with Crippen LogP contribution in [-0.2, 0) is 16.8 Å². The molecule has 0 N–H and O–H groups in total. The highest BCUT2D eigenvalue weighted by atomic mass is 32.2. The Kier molecular flexibility index (Phi) is 5.57. The average Bonchev–Trinajstić information content (AvgIpc) is 3.02. The first-order chi connectivity index (χ1) is 13.4. The third-order valence-electron chi connectivity index (χ3n) is 5.66. The van der Waals surface area contributed by atoms with Crippen molar-refractivity contribution in [2.45, 2.75) is 6.54 Å². The van der Waals surface area contributed by atoms with Crippen LogP contribution in [0, 0.1) is 0 Å². The minimum absolute atomic E-state index is 0.350. The second kappa shape index (κ2) is 7.96. The Morgan fingerprint density at radius 2 is 1.50 bits per heavy atom. The highest BCUT2D eigenvalue weighted by molar-refractivity contribution is 7.86. The quantitative estimate of drug-likeness (QED) is 0.675.